The lowest BCUT2D eigenvalue weighted by Crippen LogP contribution is -2.48. The van der Waals surface area contributed by atoms with Crippen LogP contribution in [0.2, 0.25) is 0 Å². The van der Waals surface area contributed by atoms with Crippen molar-refractivity contribution in [3.8, 4) is 6.07 Å². The number of thiophene rings is 1. The molecule has 0 radical (unpaired) electrons. The number of nitriles is 1. The van der Waals surface area contributed by atoms with Gasteiger partial charge in [-0.05, 0) is 42.8 Å². The van der Waals surface area contributed by atoms with Crippen LogP contribution in [0.25, 0.3) is 0 Å². The Morgan fingerprint density at radius 2 is 2.17 bits per heavy atom. The fourth-order valence-corrected chi connectivity index (χ4v) is 4.46. The van der Waals surface area contributed by atoms with Gasteiger partial charge in [0.1, 0.15) is 11.9 Å². The second-order valence-corrected chi connectivity index (χ2v) is 7.29. The number of carbonyl (C=O) groups is 1. The number of carbonyl (C=O) groups excluding carboxylic acids is 1. The molecule has 1 atom stereocenters. The number of aromatic nitrogens is 1. The van der Waals surface area contributed by atoms with E-state index >= 15 is 0 Å². The molecule has 0 bridgehead atoms. The smallest absolute Gasteiger partial charge is 0.235 e. The third-order valence-electron chi connectivity index (χ3n) is 5.11. The molecule has 0 N–H and O–H groups in total. The van der Waals surface area contributed by atoms with Gasteiger partial charge in [0.25, 0.3) is 0 Å². The van der Waals surface area contributed by atoms with E-state index in [1.807, 2.05) is 27.8 Å². The van der Waals surface area contributed by atoms with Crippen LogP contribution < -0.4 is 9.80 Å². The Kier molecular flexibility index (Phi) is 3.73. The van der Waals surface area contributed by atoms with Crippen molar-refractivity contribution in [3.63, 3.8) is 0 Å². The largest absolute Gasteiger partial charge is 0.356 e. The Balaban J connectivity index is 1.56. The predicted molar refractivity (Wildman–Crippen MR) is 94.1 cm³/mol. The molecule has 0 saturated carbocycles. The SMILES string of the molecule is N#Cc1ccc(N2CCCC3(CCN(c4ccsc4)C3=O)C2)nc1. The van der Waals surface area contributed by atoms with Crippen LogP contribution >= 0.6 is 11.3 Å². The van der Waals surface area contributed by atoms with Crippen LogP contribution in [0.1, 0.15) is 24.8 Å². The number of rotatable bonds is 2. The van der Waals surface area contributed by atoms with Gasteiger partial charge in [-0.15, -0.1) is 0 Å². The van der Waals surface area contributed by atoms with Gasteiger partial charge in [0.2, 0.25) is 5.91 Å². The van der Waals surface area contributed by atoms with E-state index in [0.29, 0.717) is 12.1 Å². The molecular formula is C18H18N4OS. The maximum atomic E-state index is 13.1. The highest BCUT2D eigenvalue weighted by Gasteiger charge is 2.49. The zero-order chi connectivity index (χ0) is 16.6. The summed E-state index contributed by atoms with van der Waals surface area (Å²) in [4.78, 5) is 21.6. The van der Waals surface area contributed by atoms with Crippen molar-refractivity contribution in [2.24, 2.45) is 5.41 Å². The first-order valence-electron chi connectivity index (χ1n) is 8.17. The second-order valence-electron chi connectivity index (χ2n) is 6.51. The summed E-state index contributed by atoms with van der Waals surface area (Å²) in [7, 11) is 0. The molecule has 1 unspecified atom stereocenters. The summed E-state index contributed by atoms with van der Waals surface area (Å²) in [6.07, 6.45) is 4.43. The van der Waals surface area contributed by atoms with Crippen LogP contribution in [0, 0.1) is 16.7 Å². The quantitative estimate of drug-likeness (QED) is 0.844. The molecule has 2 aliphatic heterocycles. The summed E-state index contributed by atoms with van der Waals surface area (Å²) in [5.74, 6) is 1.11. The Hall–Kier alpha value is -2.39. The van der Waals surface area contributed by atoms with Gasteiger partial charge in [-0.1, -0.05) is 0 Å². The molecule has 0 aromatic carbocycles. The van der Waals surface area contributed by atoms with Crippen LogP contribution in [0.3, 0.4) is 0 Å². The van der Waals surface area contributed by atoms with Crippen LogP contribution in [-0.2, 0) is 4.79 Å². The molecule has 24 heavy (non-hydrogen) atoms. The Morgan fingerprint density at radius 1 is 1.25 bits per heavy atom. The van der Waals surface area contributed by atoms with Crippen LogP contribution in [0.5, 0.6) is 0 Å². The van der Waals surface area contributed by atoms with Crippen molar-refractivity contribution in [1.29, 1.82) is 5.26 Å². The van der Waals surface area contributed by atoms with Gasteiger partial charge in [-0.2, -0.15) is 16.6 Å². The van der Waals surface area contributed by atoms with Crippen LogP contribution in [0.15, 0.2) is 35.2 Å². The molecule has 2 fully saturated rings. The lowest BCUT2D eigenvalue weighted by Gasteiger charge is -2.39. The van der Waals surface area contributed by atoms with Crippen molar-refractivity contribution < 1.29 is 4.79 Å². The zero-order valence-electron chi connectivity index (χ0n) is 13.3. The second kappa shape index (κ2) is 5.91. The van der Waals surface area contributed by atoms with E-state index in [0.717, 1.165) is 43.9 Å². The molecule has 0 aliphatic carbocycles. The highest BCUT2D eigenvalue weighted by atomic mass is 32.1. The van der Waals surface area contributed by atoms with Crippen molar-refractivity contribution in [1.82, 2.24) is 4.98 Å². The summed E-state index contributed by atoms with van der Waals surface area (Å²) >= 11 is 1.62. The van der Waals surface area contributed by atoms with Gasteiger partial charge in [-0.3, -0.25) is 4.79 Å². The van der Waals surface area contributed by atoms with E-state index in [1.54, 1.807) is 23.6 Å². The molecule has 5 nitrogen and oxygen atoms in total. The Labute approximate surface area is 145 Å². The molecule has 4 heterocycles. The standard InChI is InChI=1S/C18H18N4OS/c19-10-14-2-3-16(20-11-14)21-7-1-5-18(13-21)6-8-22(17(18)23)15-4-9-24-12-15/h2-4,9,11-12H,1,5-8,13H2. The molecule has 6 heteroatoms. The number of hydrogen-bond donors (Lipinski definition) is 0. The minimum absolute atomic E-state index is 0.249. The van der Waals surface area contributed by atoms with Crippen LogP contribution in [0.4, 0.5) is 11.5 Å². The fourth-order valence-electron chi connectivity index (χ4n) is 3.82. The first-order chi connectivity index (χ1) is 11.7. The maximum Gasteiger partial charge on any atom is 0.235 e. The number of anilines is 2. The van der Waals surface area contributed by atoms with E-state index in [-0.39, 0.29) is 11.3 Å². The Morgan fingerprint density at radius 3 is 2.88 bits per heavy atom. The van der Waals surface area contributed by atoms with E-state index in [1.165, 1.54) is 0 Å². The van der Waals surface area contributed by atoms with E-state index < -0.39 is 0 Å². The minimum atomic E-state index is -0.296. The number of pyridine rings is 1. The van der Waals surface area contributed by atoms with Crippen molar-refractivity contribution in [2.45, 2.75) is 19.3 Å². The predicted octanol–water partition coefficient (Wildman–Crippen LogP) is 3.04. The highest BCUT2D eigenvalue weighted by Crippen LogP contribution is 2.42. The molecule has 2 aromatic rings. The third-order valence-corrected chi connectivity index (χ3v) is 5.78. The van der Waals surface area contributed by atoms with Crippen molar-refractivity contribution in [2.75, 3.05) is 29.4 Å². The lowest BCUT2D eigenvalue weighted by atomic mass is 9.78. The first-order valence-corrected chi connectivity index (χ1v) is 9.11. The zero-order valence-corrected chi connectivity index (χ0v) is 14.1. The monoisotopic (exact) mass is 338 g/mol. The van der Waals surface area contributed by atoms with E-state index in [2.05, 4.69) is 16.0 Å². The lowest BCUT2D eigenvalue weighted by molar-refractivity contribution is -0.126. The third kappa shape index (κ3) is 2.45. The average Bonchev–Trinajstić information content (AvgIpc) is 3.25. The number of piperidine rings is 1. The van der Waals surface area contributed by atoms with Gasteiger partial charge >= 0.3 is 0 Å². The topological polar surface area (TPSA) is 60.2 Å². The van der Waals surface area contributed by atoms with Crippen LogP contribution in [-0.4, -0.2) is 30.5 Å². The van der Waals surface area contributed by atoms with Gasteiger partial charge in [0.15, 0.2) is 0 Å². The molecular weight excluding hydrogens is 320 g/mol. The number of amides is 1. The molecule has 1 spiro atoms. The Bertz CT molecular complexity index is 780. The molecule has 122 valence electrons. The number of hydrogen-bond acceptors (Lipinski definition) is 5. The molecule has 2 aromatic heterocycles. The minimum Gasteiger partial charge on any atom is -0.356 e. The molecule has 4 rings (SSSR count). The highest BCUT2D eigenvalue weighted by molar-refractivity contribution is 7.08. The average molecular weight is 338 g/mol. The number of nitrogens with zero attached hydrogens (tertiary/aromatic N) is 4. The molecule has 1 amide bonds. The summed E-state index contributed by atoms with van der Waals surface area (Å²) in [5.41, 5.74) is 1.29. The summed E-state index contributed by atoms with van der Waals surface area (Å²) in [5, 5.41) is 13.0. The molecule has 2 saturated heterocycles. The van der Waals surface area contributed by atoms with Gasteiger partial charge in [0.05, 0.1) is 16.7 Å². The van der Waals surface area contributed by atoms with Crippen molar-refractivity contribution in [3.05, 3.63) is 40.7 Å². The summed E-state index contributed by atoms with van der Waals surface area (Å²) in [6.45, 7) is 2.42. The van der Waals surface area contributed by atoms with E-state index in [4.69, 9.17) is 5.26 Å². The van der Waals surface area contributed by atoms with Gasteiger partial charge in [-0.25, -0.2) is 4.98 Å². The summed E-state index contributed by atoms with van der Waals surface area (Å²) < 4.78 is 0. The maximum absolute atomic E-state index is 13.1. The molecule has 2 aliphatic rings. The van der Waals surface area contributed by atoms with Crippen molar-refractivity contribution >= 4 is 28.7 Å². The first kappa shape index (κ1) is 15.2. The van der Waals surface area contributed by atoms with Gasteiger partial charge in [0, 0.05) is 31.2 Å². The summed E-state index contributed by atoms with van der Waals surface area (Å²) in [6, 6.07) is 7.78. The van der Waals surface area contributed by atoms with E-state index in [9.17, 15) is 4.79 Å². The normalized spacial score (nSPS) is 23.7. The van der Waals surface area contributed by atoms with Gasteiger partial charge < -0.3 is 9.80 Å². The fraction of sp³-hybridized carbons (Fsp3) is 0.389.